The Morgan fingerprint density at radius 3 is 2.85 bits per heavy atom. The van der Waals surface area contributed by atoms with Crippen LogP contribution in [0.4, 0.5) is 5.82 Å². The number of aromatic nitrogens is 2. The van der Waals surface area contributed by atoms with Crippen LogP contribution in [0.1, 0.15) is 16.3 Å². The predicted octanol–water partition coefficient (Wildman–Crippen LogP) is 3.65. The van der Waals surface area contributed by atoms with Gasteiger partial charge in [0.15, 0.2) is 23.2 Å². The monoisotopic (exact) mass is 383 g/mol. The van der Waals surface area contributed by atoms with Crippen molar-refractivity contribution in [1.82, 2.24) is 10.1 Å². The maximum absolute atomic E-state index is 12.1. The van der Waals surface area contributed by atoms with Crippen LogP contribution in [0.2, 0.25) is 0 Å². The van der Waals surface area contributed by atoms with Gasteiger partial charge in [-0.2, -0.15) is 0 Å². The highest BCUT2D eigenvalue weighted by atomic mass is 32.1. The van der Waals surface area contributed by atoms with E-state index in [2.05, 4.69) is 15.5 Å². The highest BCUT2D eigenvalue weighted by Crippen LogP contribution is 2.31. The van der Waals surface area contributed by atoms with Gasteiger partial charge >= 0.3 is 5.97 Å². The minimum absolute atomic E-state index is 0.00524. The van der Waals surface area contributed by atoms with Gasteiger partial charge in [0.05, 0.1) is 10.2 Å². The second-order valence-corrected chi connectivity index (χ2v) is 6.63. The number of ether oxygens (including phenoxy) is 1. The van der Waals surface area contributed by atoms with Crippen molar-refractivity contribution < 1.29 is 23.3 Å². The Kier molecular flexibility index (Phi) is 4.43. The van der Waals surface area contributed by atoms with Gasteiger partial charge in [-0.1, -0.05) is 17.3 Å². The van der Waals surface area contributed by atoms with Crippen LogP contribution < -0.4 is 5.32 Å². The largest absolute Gasteiger partial charge is 0.450 e. The lowest BCUT2D eigenvalue weighted by molar-refractivity contribution is -0.119. The predicted molar refractivity (Wildman–Crippen MR) is 97.5 cm³/mol. The molecule has 1 N–H and O–H groups in total. The molecule has 136 valence electrons. The zero-order chi connectivity index (χ0) is 18.8. The van der Waals surface area contributed by atoms with Crippen molar-refractivity contribution in [3.8, 4) is 10.8 Å². The molecule has 0 spiro atoms. The Bertz CT molecular complexity index is 1090. The molecule has 0 aliphatic rings. The summed E-state index contributed by atoms with van der Waals surface area (Å²) >= 11 is 1.46. The molecule has 0 saturated heterocycles. The fourth-order valence-electron chi connectivity index (χ4n) is 2.35. The Morgan fingerprint density at radius 2 is 2.07 bits per heavy atom. The summed E-state index contributed by atoms with van der Waals surface area (Å²) in [5.41, 5.74) is 0.859. The number of hydrogen-bond donors (Lipinski definition) is 1. The molecule has 3 heterocycles. The number of rotatable bonds is 5. The Balaban J connectivity index is 1.39. The van der Waals surface area contributed by atoms with Gasteiger partial charge in [0.25, 0.3) is 5.91 Å². The summed E-state index contributed by atoms with van der Waals surface area (Å²) in [6, 6.07) is 12.4. The molecule has 3 aromatic heterocycles. The molecule has 4 rings (SSSR count). The summed E-state index contributed by atoms with van der Waals surface area (Å²) in [5.74, 6) is -0.00613. The summed E-state index contributed by atoms with van der Waals surface area (Å²) in [6.45, 7) is 1.23. The molecule has 0 radical (unpaired) electrons. The normalized spacial score (nSPS) is 10.9. The topological polar surface area (TPSA) is 107 Å². The number of nitrogens with one attached hydrogen (secondary N) is 1. The van der Waals surface area contributed by atoms with E-state index in [0.717, 1.165) is 10.2 Å². The summed E-state index contributed by atoms with van der Waals surface area (Å²) < 4.78 is 16.3. The van der Waals surface area contributed by atoms with Crippen LogP contribution >= 0.6 is 11.3 Å². The standard InChI is InChI=1S/C18H13N3O5S/c1-10-8-15(21-26-10)20-16(22)9-24-18(23)13-7-6-12(25-13)17-19-11-4-2-3-5-14(11)27-17/h2-8H,9H2,1H3,(H,20,21,22). The molecule has 1 amide bonds. The van der Waals surface area contributed by atoms with Gasteiger partial charge in [-0.3, -0.25) is 4.79 Å². The Labute approximate surface area is 156 Å². The molecule has 0 aliphatic carbocycles. The van der Waals surface area contributed by atoms with Crippen molar-refractivity contribution in [2.45, 2.75) is 6.92 Å². The number of aryl methyl sites for hydroxylation is 1. The fraction of sp³-hybridized carbons (Fsp3) is 0.111. The number of furan rings is 1. The molecule has 4 aromatic rings. The molecule has 8 nitrogen and oxygen atoms in total. The summed E-state index contributed by atoms with van der Waals surface area (Å²) in [4.78, 5) is 28.3. The van der Waals surface area contributed by atoms with Crippen molar-refractivity contribution in [3.05, 3.63) is 54.0 Å². The van der Waals surface area contributed by atoms with E-state index in [1.54, 1.807) is 19.1 Å². The minimum atomic E-state index is -0.742. The highest BCUT2D eigenvalue weighted by molar-refractivity contribution is 7.21. The molecular weight excluding hydrogens is 370 g/mol. The van der Waals surface area contributed by atoms with E-state index < -0.39 is 18.5 Å². The van der Waals surface area contributed by atoms with E-state index in [-0.39, 0.29) is 11.6 Å². The van der Waals surface area contributed by atoms with Crippen molar-refractivity contribution in [1.29, 1.82) is 0 Å². The quantitative estimate of drug-likeness (QED) is 0.524. The Hall–Kier alpha value is -3.46. The SMILES string of the molecule is Cc1cc(NC(=O)COC(=O)c2ccc(-c3nc4ccccc4s3)o2)no1. The lowest BCUT2D eigenvalue weighted by atomic mass is 10.3. The Morgan fingerprint density at radius 1 is 1.22 bits per heavy atom. The third kappa shape index (κ3) is 3.72. The summed E-state index contributed by atoms with van der Waals surface area (Å²) in [6.07, 6.45) is 0. The van der Waals surface area contributed by atoms with Gasteiger partial charge < -0.3 is 19.0 Å². The smallest absolute Gasteiger partial charge is 0.374 e. The van der Waals surface area contributed by atoms with Gasteiger partial charge in [0.1, 0.15) is 5.76 Å². The zero-order valence-electron chi connectivity index (χ0n) is 14.1. The maximum atomic E-state index is 12.1. The minimum Gasteiger partial charge on any atom is -0.450 e. The number of carbonyl (C=O) groups excluding carboxylic acids is 2. The number of para-hydroxylation sites is 1. The number of fused-ring (bicyclic) bond motifs is 1. The van der Waals surface area contributed by atoms with Crippen molar-refractivity contribution in [2.75, 3.05) is 11.9 Å². The second kappa shape index (κ2) is 7.04. The first kappa shape index (κ1) is 17.0. The van der Waals surface area contributed by atoms with Crippen LogP contribution in [0.25, 0.3) is 21.0 Å². The molecule has 9 heteroatoms. The van der Waals surface area contributed by atoms with E-state index in [0.29, 0.717) is 16.5 Å². The molecule has 0 atom stereocenters. The number of nitrogens with zero attached hydrogens (tertiary/aromatic N) is 2. The zero-order valence-corrected chi connectivity index (χ0v) is 14.9. The van der Waals surface area contributed by atoms with Gasteiger partial charge in [0.2, 0.25) is 5.76 Å². The van der Waals surface area contributed by atoms with E-state index in [4.69, 9.17) is 13.7 Å². The van der Waals surface area contributed by atoms with E-state index in [9.17, 15) is 9.59 Å². The molecule has 0 fully saturated rings. The maximum Gasteiger partial charge on any atom is 0.374 e. The van der Waals surface area contributed by atoms with Crippen molar-refractivity contribution in [3.63, 3.8) is 0 Å². The first-order valence-electron chi connectivity index (χ1n) is 7.94. The fourth-order valence-corrected chi connectivity index (χ4v) is 3.27. The molecule has 1 aromatic carbocycles. The molecule has 0 unspecified atom stereocenters. The van der Waals surface area contributed by atoms with Gasteiger partial charge in [-0.05, 0) is 31.2 Å². The molecular formula is C18H13N3O5S. The lowest BCUT2D eigenvalue weighted by Gasteiger charge is -2.02. The summed E-state index contributed by atoms with van der Waals surface area (Å²) in [7, 11) is 0. The van der Waals surface area contributed by atoms with Crippen LogP contribution in [-0.2, 0) is 9.53 Å². The van der Waals surface area contributed by atoms with Crippen LogP contribution in [0, 0.1) is 6.92 Å². The van der Waals surface area contributed by atoms with Gasteiger partial charge in [0, 0.05) is 6.07 Å². The average molecular weight is 383 g/mol. The molecule has 0 saturated carbocycles. The van der Waals surface area contributed by atoms with Crippen LogP contribution in [0.15, 0.2) is 51.4 Å². The number of esters is 1. The number of thiazole rings is 1. The average Bonchev–Trinajstić information content (AvgIpc) is 3.38. The molecule has 27 heavy (non-hydrogen) atoms. The van der Waals surface area contributed by atoms with E-state index in [1.807, 2.05) is 24.3 Å². The van der Waals surface area contributed by atoms with Crippen LogP contribution in [0.5, 0.6) is 0 Å². The first-order valence-corrected chi connectivity index (χ1v) is 8.76. The lowest BCUT2D eigenvalue weighted by Crippen LogP contribution is -2.20. The van der Waals surface area contributed by atoms with Crippen molar-refractivity contribution in [2.24, 2.45) is 0 Å². The van der Waals surface area contributed by atoms with Crippen molar-refractivity contribution >= 4 is 39.2 Å². The second-order valence-electron chi connectivity index (χ2n) is 5.60. The van der Waals surface area contributed by atoms with E-state index in [1.165, 1.54) is 17.4 Å². The number of anilines is 1. The first-order chi connectivity index (χ1) is 13.1. The molecule has 0 aliphatic heterocycles. The van der Waals surface area contributed by atoms with Crippen LogP contribution in [-0.4, -0.2) is 28.6 Å². The number of hydrogen-bond acceptors (Lipinski definition) is 8. The third-order valence-electron chi connectivity index (χ3n) is 3.54. The number of carbonyl (C=O) groups is 2. The van der Waals surface area contributed by atoms with Gasteiger partial charge in [-0.15, -0.1) is 11.3 Å². The summed E-state index contributed by atoms with van der Waals surface area (Å²) in [5, 5.41) is 6.74. The molecule has 0 bridgehead atoms. The third-order valence-corrected chi connectivity index (χ3v) is 4.59. The van der Waals surface area contributed by atoms with Crippen LogP contribution in [0.3, 0.4) is 0 Å². The highest BCUT2D eigenvalue weighted by Gasteiger charge is 2.17. The van der Waals surface area contributed by atoms with E-state index >= 15 is 0 Å². The number of amides is 1. The number of benzene rings is 1. The van der Waals surface area contributed by atoms with Gasteiger partial charge in [-0.25, -0.2) is 9.78 Å².